The molecule has 8 nitrogen and oxygen atoms in total. The van der Waals surface area contributed by atoms with E-state index in [9.17, 15) is 10.1 Å². The van der Waals surface area contributed by atoms with Crippen molar-refractivity contribution in [2.24, 2.45) is 0 Å². The minimum atomic E-state index is -0.461. The number of nitro groups is 1. The van der Waals surface area contributed by atoms with E-state index in [4.69, 9.17) is 4.74 Å². The summed E-state index contributed by atoms with van der Waals surface area (Å²) in [6, 6.07) is 1.49. The van der Waals surface area contributed by atoms with Crippen LogP contribution in [0.3, 0.4) is 0 Å². The van der Waals surface area contributed by atoms with Crippen LogP contribution < -0.4 is 5.32 Å². The fourth-order valence-electron chi connectivity index (χ4n) is 1.42. The third-order valence-corrected chi connectivity index (χ3v) is 4.45. The molecule has 0 radical (unpaired) electrons. The minimum Gasteiger partial charge on any atom is -0.383 e. The maximum atomic E-state index is 10.7. The highest BCUT2D eigenvalue weighted by atomic mass is 32.2. The van der Waals surface area contributed by atoms with Gasteiger partial charge in [-0.2, -0.15) is 0 Å². The zero-order valence-electron chi connectivity index (χ0n) is 11.4. The van der Waals surface area contributed by atoms with Crippen LogP contribution in [0.4, 0.5) is 10.8 Å². The zero-order chi connectivity index (χ0) is 15.2. The Kier molecular flexibility index (Phi) is 5.42. The van der Waals surface area contributed by atoms with Gasteiger partial charge in [-0.25, -0.2) is 4.98 Å². The molecule has 0 saturated carbocycles. The van der Waals surface area contributed by atoms with Crippen LogP contribution in [0.25, 0.3) is 0 Å². The molecule has 0 aliphatic heterocycles. The quantitative estimate of drug-likeness (QED) is 0.469. The summed E-state index contributed by atoms with van der Waals surface area (Å²) in [5.41, 5.74) is 0.717. The molecule has 0 aliphatic carbocycles. The molecular formula is C11H13N5O3S2. The average Bonchev–Trinajstić information content (AvgIpc) is 2.89. The second-order valence-electron chi connectivity index (χ2n) is 3.97. The van der Waals surface area contributed by atoms with E-state index in [1.54, 1.807) is 14.0 Å². The highest BCUT2D eigenvalue weighted by molar-refractivity contribution is 8.01. The first-order chi connectivity index (χ1) is 10.1. The molecular weight excluding hydrogens is 314 g/mol. The van der Waals surface area contributed by atoms with Gasteiger partial charge in [-0.3, -0.25) is 10.1 Å². The van der Waals surface area contributed by atoms with Gasteiger partial charge in [-0.15, -0.1) is 10.2 Å². The second-order valence-corrected chi connectivity index (χ2v) is 6.18. The van der Waals surface area contributed by atoms with E-state index < -0.39 is 4.92 Å². The summed E-state index contributed by atoms with van der Waals surface area (Å²) in [6.45, 7) is 3.02. The highest BCUT2D eigenvalue weighted by Gasteiger charge is 2.13. The number of hydrogen-bond donors (Lipinski definition) is 1. The lowest BCUT2D eigenvalue weighted by Crippen LogP contribution is -2.06. The number of methoxy groups -OCH3 is 1. The van der Waals surface area contributed by atoms with E-state index in [-0.39, 0.29) is 5.69 Å². The lowest BCUT2D eigenvalue weighted by Gasteiger charge is -2.01. The minimum absolute atomic E-state index is 0.0176. The first kappa shape index (κ1) is 15.6. The number of rotatable bonds is 7. The lowest BCUT2D eigenvalue weighted by molar-refractivity contribution is -0.385. The van der Waals surface area contributed by atoms with Crippen molar-refractivity contribution in [3.8, 4) is 0 Å². The summed E-state index contributed by atoms with van der Waals surface area (Å²) >= 11 is 2.73. The van der Waals surface area contributed by atoms with Crippen molar-refractivity contribution in [3.63, 3.8) is 0 Å². The maximum absolute atomic E-state index is 10.7. The van der Waals surface area contributed by atoms with Crippen LogP contribution in [-0.4, -0.2) is 40.4 Å². The Morgan fingerprint density at radius 1 is 1.52 bits per heavy atom. The van der Waals surface area contributed by atoms with Gasteiger partial charge in [0.05, 0.1) is 11.5 Å². The van der Waals surface area contributed by atoms with E-state index in [2.05, 4.69) is 20.5 Å². The van der Waals surface area contributed by atoms with Crippen molar-refractivity contribution in [1.82, 2.24) is 15.2 Å². The molecule has 0 fully saturated rings. The SMILES string of the molecule is COCCNc1nnc(Sc2ncc([N+](=O)[O-])cc2C)s1. The number of nitrogens with one attached hydrogen (secondary N) is 1. The summed E-state index contributed by atoms with van der Waals surface area (Å²) in [5, 5.41) is 23.2. The van der Waals surface area contributed by atoms with Crippen molar-refractivity contribution in [1.29, 1.82) is 0 Å². The topological polar surface area (TPSA) is 103 Å². The molecule has 0 atom stereocenters. The third kappa shape index (κ3) is 4.34. The summed E-state index contributed by atoms with van der Waals surface area (Å²) in [4.78, 5) is 14.3. The molecule has 2 heterocycles. The standard InChI is InChI=1S/C11H13N5O3S2/c1-7-5-8(16(17)18)6-13-9(7)20-11-15-14-10(21-11)12-3-4-19-2/h5-6H,3-4H2,1-2H3,(H,12,14). The number of aryl methyl sites for hydroxylation is 1. The van der Waals surface area contributed by atoms with E-state index >= 15 is 0 Å². The van der Waals surface area contributed by atoms with E-state index in [0.29, 0.717) is 23.3 Å². The molecule has 2 aromatic rings. The molecule has 0 unspecified atom stereocenters. The summed E-state index contributed by atoms with van der Waals surface area (Å²) < 4.78 is 5.66. The van der Waals surface area contributed by atoms with E-state index in [1.165, 1.54) is 35.4 Å². The van der Waals surface area contributed by atoms with E-state index in [0.717, 1.165) is 9.90 Å². The molecule has 2 aromatic heterocycles. The number of anilines is 1. The van der Waals surface area contributed by atoms with Crippen LogP contribution >= 0.6 is 23.1 Å². The van der Waals surface area contributed by atoms with Crippen molar-refractivity contribution in [2.45, 2.75) is 16.3 Å². The van der Waals surface area contributed by atoms with Gasteiger partial charge in [0, 0.05) is 19.7 Å². The summed E-state index contributed by atoms with van der Waals surface area (Å²) in [5.74, 6) is 0. The summed E-state index contributed by atoms with van der Waals surface area (Å²) in [6.07, 6.45) is 1.24. The Balaban J connectivity index is 2.03. The molecule has 2 rings (SSSR count). The predicted molar refractivity (Wildman–Crippen MR) is 80.0 cm³/mol. The van der Waals surface area contributed by atoms with Crippen molar-refractivity contribution < 1.29 is 9.66 Å². The fraction of sp³-hybridized carbons (Fsp3) is 0.364. The Morgan fingerprint density at radius 2 is 2.33 bits per heavy atom. The zero-order valence-corrected chi connectivity index (χ0v) is 13.0. The number of aromatic nitrogens is 3. The largest absolute Gasteiger partial charge is 0.383 e. The Bertz CT molecular complexity index is 634. The first-order valence-corrected chi connectivity index (χ1v) is 7.58. The number of hydrogen-bond acceptors (Lipinski definition) is 9. The van der Waals surface area contributed by atoms with Crippen LogP contribution in [0.1, 0.15) is 5.56 Å². The average molecular weight is 327 g/mol. The fourth-order valence-corrected chi connectivity index (χ4v) is 3.13. The third-order valence-electron chi connectivity index (χ3n) is 2.40. The Hall–Kier alpha value is -1.78. The van der Waals surface area contributed by atoms with E-state index in [1.807, 2.05) is 0 Å². The number of nitrogens with zero attached hydrogens (tertiary/aromatic N) is 4. The van der Waals surface area contributed by atoms with Gasteiger partial charge in [-0.05, 0) is 24.2 Å². The molecule has 0 aromatic carbocycles. The maximum Gasteiger partial charge on any atom is 0.287 e. The first-order valence-electron chi connectivity index (χ1n) is 5.95. The normalized spacial score (nSPS) is 10.6. The molecule has 0 amide bonds. The summed E-state index contributed by atoms with van der Waals surface area (Å²) in [7, 11) is 1.63. The van der Waals surface area contributed by atoms with Gasteiger partial charge < -0.3 is 10.1 Å². The van der Waals surface area contributed by atoms with Crippen molar-refractivity contribution in [3.05, 3.63) is 27.9 Å². The van der Waals surface area contributed by atoms with Gasteiger partial charge in [0.25, 0.3) is 5.69 Å². The van der Waals surface area contributed by atoms with Gasteiger partial charge in [-0.1, -0.05) is 11.3 Å². The Labute approximate surface area is 129 Å². The smallest absolute Gasteiger partial charge is 0.287 e. The van der Waals surface area contributed by atoms with Gasteiger partial charge in [0.2, 0.25) is 5.13 Å². The van der Waals surface area contributed by atoms with Crippen LogP contribution in [0, 0.1) is 17.0 Å². The van der Waals surface area contributed by atoms with Crippen LogP contribution in [0.5, 0.6) is 0 Å². The van der Waals surface area contributed by atoms with Crippen LogP contribution in [0.15, 0.2) is 21.6 Å². The Morgan fingerprint density at radius 3 is 3.00 bits per heavy atom. The molecule has 0 bridgehead atoms. The van der Waals surface area contributed by atoms with Crippen LogP contribution in [0.2, 0.25) is 0 Å². The number of pyridine rings is 1. The monoisotopic (exact) mass is 327 g/mol. The van der Waals surface area contributed by atoms with Crippen molar-refractivity contribution in [2.75, 3.05) is 25.6 Å². The lowest BCUT2D eigenvalue weighted by atomic mass is 10.3. The van der Waals surface area contributed by atoms with Crippen molar-refractivity contribution >= 4 is 33.9 Å². The van der Waals surface area contributed by atoms with Gasteiger partial charge >= 0.3 is 0 Å². The van der Waals surface area contributed by atoms with Gasteiger partial charge in [0.1, 0.15) is 11.2 Å². The molecule has 0 aliphatic rings. The predicted octanol–water partition coefficient (Wildman–Crippen LogP) is 2.36. The van der Waals surface area contributed by atoms with Gasteiger partial charge in [0.15, 0.2) is 4.34 Å². The van der Waals surface area contributed by atoms with Crippen LogP contribution in [-0.2, 0) is 4.74 Å². The molecule has 0 spiro atoms. The molecule has 21 heavy (non-hydrogen) atoms. The number of ether oxygens (including phenoxy) is 1. The molecule has 1 N–H and O–H groups in total. The molecule has 112 valence electrons. The molecule has 0 saturated heterocycles. The molecule has 10 heteroatoms. The second kappa shape index (κ2) is 7.29. The highest BCUT2D eigenvalue weighted by Crippen LogP contribution is 2.33.